The minimum absolute atomic E-state index is 0.0593. The zero-order valence-electron chi connectivity index (χ0n) is 15.2. The van der Waals surface area contributed by atoms with Gasteiger partial charge in [0.25, 0.3) is 0 Å². The number of amides is 2. The summed E-state index contributed by atoms with van der Waals surface area (Å²) in [4.78, 5) is 24.9. The third-order valence-electron chi connectivity index (χ3n) is 4.69. The molecule has 2 aromatic carbocycles. The molecule has 0 fully saturated rings. The van der Waals surface area contributed by atoms with Crippen LogP contribution in [0.3, 0.4) is 0 Å². The van der Waals surface area contributed by atoms with E-state index in [0.717, 1.165) is 12.1 Å². The van der Waals surface area contributed by atoms with E-state index in [9.17, 15) is 22.8 Å². The van der Waals surface area contributed by atoms with Gasteiger partial charge in [0.15, 0.2) is 11.6 Å². The van der Waals surface area contributed by atoms with Crippen LogP contribution in [0.25, 0.3) is 11.3 Å². The summed E-state index contributed by atoms with van der Waals surface area (Å²) in [6.07, 6.45) is -0.174. The topological polar surface area (TPSA) is 76.0 Å². The number of rotatable bonds is 3. The quantitative estimate of drug-likeness (QED) is 0.702. The van der Waals surface area contributed by atoms with Crippen molar-refractivity contribution >= 4 is 23.3 Å². The van der Waals surface area contributed by atoms with Crippen LogP contribution in [-0.4, -0.2) is 21.6 Å². The summed E-state index contributed by atoms with van der Waals surface area (Å²) < 4.78 is 41.1. The number of hydrogen-bond acceptors (Lipinski definition) is 3. The minimum Gasteiger partial charge on any atom is -0.324 e. The first-order valence-corrected chi connectivity index (χ1v) is 8.74. The van der Waals surface area contributed by atoms with Crippen molar-refractivity contribution in [3.05, 3.63) is 65.5 Å². The van der Waals surface area contributed by atoms with Crippen molar-refractivity contribution in [2.45, 2.75) is 19.4 Å². The fraction of sp³-hybridized carbons (Fsp3) is 0.150. The van der Waals surface area contributed by atoms with Gasteiger partial charge in [-0.05, 0) is 43.3 Å². The van der Waals surface area contributed by atoms with Gasteiger partial charge >= 0.3 is 0 Å². The van der Waals surface area contributed by atoms with Crippen molar-refractivity contribution < 1.29 is 22.8 Å². The summed E-state index contributed by atoms with van der Waals surface area (Å²) >= 11 is 0. The van der Waals surface area contributed by atoms with E-state index < -0.39 is 29.4 Å². The van der Waals surface area contributed by atoms with Crippen LogP contribution in [0.4, 0.5) is 24.7 Å². The maximum atomic E-state index is 13.4. The lowest BCUT2D eigenvalue weighted by Gasteiger charge is -2.24. The molecule has 2 N–H and O–H groups in total. The van der Waals surface area contributed by atoms with Crippen LogP contribution in [0, 0.1) is 24.4 Å². The third kappa shape index (κ3) is 3.46. The second kappa shape index (κ2) is 7.08. The lowest BCUT2D eigenvalue weighted by Crippen LogP contribution is -2.36. The summed E-state index contributed by atoms with van der Waals surface area (Å²) in [6.45, 7) is 1.73. The summed E-state index contributed by atoms with van der Waals surface area (Å²) in [5, 5.41) is 9.62. The predicted octanol–water partition coefficient (Wildman–Crippen LogP) is 3.80. The first kappa shape index (κ1) is 18.7. The van der Waals surface area contributed by atoms with E-state index in [4.69, 9.17) is 0 Å². The molecule has 9 heteroatoms. The molecule has 6 nitrogen and oxygen atoms in total. The Bertz CT molecular complexity index is 1130. The molecule has 0 spiro atoms. The maximum absolute atomic E-state index is 13.4. The fourth-order valence-corrected chi connectivity index (χ4v) is 3.22. The van der Waals surface area contributed by atoms with Crippen molar-refractivity contribution in [2.75, 3.05) is 10.6 Å². The number of carbonyl (C=O) groups is 2. The Morgan fingerprint density at radius 2 is 1.86 bits per heavy atom. The van der Waals surface area contributed by atoms with E-state index in [-0.39, 0.29) is 18.0 Å². The Morgan fingerprint density at radius 3 is 2.55 bits per heavy atom. The second-order valence-corrected chi connectivity index (χ2v) is 6.66. The molecule has 0 bridgehead atoms. The van der Waals surface area contributed by atoms with Crippen LogP contribution in [0.5, 0.6) is 0 Å². The number of carbonyl (C=O) groups excluding carboxylic acids is 2. The van der Waals surface area contributed by atoms with E-state index in [2.05, 4.69) is 15.7 Å². The average molecular weight is 400 g/mol. The Morgan fingerprint density at radius 1 is 1.14 bits per heavy atom. The average Bonchev–Trinajstić information content (AvgIpc) is 3.01. The van der Waals surface area contributed by atoms with Gasteiger partial charge in [-0.25, -0.2) is 17.9 Å². The van der Waals surface area contributed by atoms with Gasteiger partial charge in [-0.2, -0.15) is 5.10 Å². The van der Waals surface area contributed by atoms with E-state index in [1.54, 1.807) is 19.1 Å². The van der Waals surface area contributed by atoms with Crippen LogP contribution in [0.15, 0.2) is 42.5 Å². The SMILES string of the molecule is Cc1c(-c2ccc(F)cc2)nn2c1NC(=O)CC2C(=O)Nc1ccc(F)c(F)c1. The van der Waals surface area contributed by atoms with Crippen LogP contribution in [-0.2, 0) is 9.59 Å². The molecule has 1 atom stereocenters. The van der Waals surface area contributed by atoms with Crippen molar-refractivity contribution in [1.29, 1.82) is 0 Å². The first-order chi connectivity index (χ1) is 13.8. The van der Waals surface area contributed by atoms with Gasteiger partial charge in [0.05, 0.1) is 12.1 Å². The van der Waals surface area contributed by atoms with E-state index >= 15 is 0 Å². The number of aromatic nitrogens is 2. The molecule has 148 valence electrons. The van der Waals surface area contributed by atoms with E-state index in [0.29, 0.717) is 22.6 Å². The molecular formula is C20H15F3N4O2. The number of nitrogens with one attached hydrogen (secondary N) is 2. The molecule has 0 saturated carbocycles. The second-order valence-electron chi connectivity index (χ2n) is 6.66. The summed E-state index contributed by atoms with van der Waals surface area (Å²) in [7, 11) is 0. The number of benzene rings is 2. The smallest absolute Gasteiger partial charge is 0.249 e. The van der Waals surface area contributed by atoms with Crippen LogP contribution in [0.2, 0.25) is 0 Å². The maximum Gasteiger partial charge on any atom is 0.249 e. The zero-order chi connectivity index (χ0) is 20.7. The van der Waals surface area contributed by atoms with Gasteiger partial charge in [-0.1, -0.05) is 0 Å². The first-order valence-electron chi connectivity index (χ1n) is 8.74. The summed E-state index contributed by atoms with van der Waals surface area (Å²) in [5.74, 6) is -3.15. The van der Waals surface area contributed by atoms with Gasteiger partial charge in [0, 0.05) is 22.9 Å². The zero-order valence-corrected chi connectivity index (χ0v) is 15.2. The summed E-state index contributed by atoms with van der Waals surface area (Å²) in [5.41, 5.74) is 1.80. The van der Waals surface area contributed by atoms with E-state index in [1.165, 1.54) is 22.9 Å². The standard InChI is InChI=1S/C20H15F3N4O2/c1-10-18(11-2-4-12(21)5-3-11)26-27-16(9-17(28)25-19(10)27)20(29)24-13-6-7-14(22)15(23)8-13/h2-8,16H,9H2,1H3,(H,24,29)(H,25,28). The summed E-state index contributed by atoms with van der Waals surface area (Å²) in [6, 6.07) is 7.67. The highest BCUT2D eigenvalue weighted by Gasteiger charge is 2.34. The molecule has 1 aliphatic heterocycles. The van der Waals surface area contributed by atoms with Crippen molar-refractivity contribution in [3.63, 3.8) is 0 Å². The lowest BCUT2D eigenvalue weighted by molar-refractivity contribution is -0.125. The normalized spacial score (nSPS) is 15.6. The Balaban J connectivity index is 1.69. The largest absolute Gasteiger partial charge is 0.324 e. The van der Waals surface area contributed by atoms with Crippen LogP contribution in [0.1, 0.15) is 18.0 Å². The molecule has 1 aliphatic rings. The molecule has 0 saturated heterocycles. The van der Waals surface area contributed by atoms with Gasteiger partial charge in [-0.15, -0.1) is 0 Å². The molecular weight excluding hydrogens is 385 g/mol. The number of halogens is 3. The highest BCUT2D eigenvalue weighted by atomic mass is 19.2. The molecule has 0 aliphatic carbocycles. The Labute approximate surface area is 163 Å². The molecule has 2 heterocycles. The monoisotopic (exact) mass is 400 g/mol. The fourth-order valence-electron chi connectivity index (χ4n) is 3.22. The predicted molar refractivity (Wildman–Crippen MR) is 99.6 cm³/mol. The Kier molecular flexibility index (Phi) is 4.57. The highest BCUT2D eigenvalue weighted by molar-refractivity contribution is 6.02. The van der Waals surface area contributed by atoms with Gasteiger partial charge in [-0.3, -0.25) is 9.59 Å². The molecule has 2 amide bonds. The number of nitrogens with zero attached hydrogens (tertiary/aromatic N) is 2. The van der Waals surface area contributed by atoms with Crippen LogP contribution >= 0.6 is 0 Å². The molecule has 1 aromatic heterocycles. The number of anilines is 2. The molecule has 0 radical (unpaired) electrons. The number of hydrogen-bond donors (Lipinski definition) is 2. The Hall–Kier alpha value is -3.62. The van der Waals surface area contributed by atoms with Crippen molar-refractivity contribution in [3.8, 4) is 11.3 Å². The van der Waals surface area contributed by atoms with Crippen molar-refractivity contribution in [1.82, 2.24) is 9.78 Å². The number of fused-ring (bicyclic) bond motifs is 1. The lowest BCUT2D eigenvalue weighted by atomic mass is 10.1. The third-order valence-corrected chi connectivity index (χ3v) is 4.69. The molecule has 4 rings (SSSR count). The molecule has 3 aromatic rings. The van der Waals surface area contributed by atoms with Gasteiger partial charge in [0.2, 0.25) is 11.8 Å². The van der Waals surface area contributed by atoms with Crippen LogP contribution < -0.4 is 10.6 Å². The highest BCUT2D eigenvalue weighted by Crippen LogP contribution is 2.34. The van der Waals surface area contributed by atoms with Gasteiger partial charge in [0.1, 0.15) is 17.7 Å². The minimum atomic E-state index is -1.10. The van der Waals surface area contributed by atoms with Crippen molar-refractivity contribution in [2.24, 2.45) is 0 Å². The molecule has 1 unspecified atom stereocenters. The van der Waals surface area contributed by atoms with E-state index in [1.807, 2.05) is 0 Å². The van der Waals surface area contributed by atoms with Gasteiger partial charge < -0.3 is 10.6 Å². The molecule has 29 heavy (non-hydrogen) atoms.